The summed E-state index contributed by atoms with van der Waals surface area (Å²) < 4.78 is 26.4. The first kappa shape index (κ1) is 27.5. The van der Waals surface area contributed by atoms with Crippen LogP contribution in [0.25, 0.3) is 10.9 Å². The maximum absolute atomic E-state index is 13.5. The second kappa shape index (κ2) is 12.4. The smallest absolute Gasteiger partial charge is 0.282 e. The molecule has 5 rings (SSSR count). The first-order valence-corrected chi connectivity index (χ1v) is 13.8. The Bertz CT molecular complexity index is 1620. The van der Waals surface area contributed by atoms with Gasteiger partial charge in [0.05, 0.1) is 24.2 Å². The van der Waals surface area contributed by atoms with Gasteiger partial charge in [-0.2, -0.15) is 9.78 Å². The summed E-state index contributed by atoms with van der Waals surface area (Å²) in [5.41, 5.74) is 1.58. The van der Waals surface area contributed by atoms with Gasteiger partial charge in [0.1, 0.15) is 11.6 Å². The van der Waals surface area contributed by atoms with Crippen molar-refractivity contribution in [2.75, 3.05) is 19.0 Å². The molecule has 0 bridgehead atoms. The van der Waals surface area contributed by atoms with Gasteiger partial charge in [0, 0.05) is 16.1 Å². The summed E-state index contributed by atoms with van der Waals surface area (Å²) >= 11 is 3.45. The molecule has 0 aliphatic heterocycles. The van der Waals surface area contributed by atoms with Gasteiger partial charge in [0.25, 0.3) is 11.5 Å². The normalized spacial score (nSPS) is 14.0. The van der Waals surface area contributed by atoms with Crippen LogP contribution < -0.4 is 20.3 Å². The van der Waals surface area contributed by atoms with Gasteiger partial charge in [-0.05, 0) is 79.1 Å². The molecule has 0 spiro atoms. The van der Waals surface area contributed by atoms with E-state index in [1.54, 1.807) is 30.5 Å². The number of hydrogen-bond donors (Lipinski definition) is 1. The number of hydrogen-bond acceptors (Lipinski definition) is 6. The molecule has 1 amide bonds. The van der Waals surface area contributed by atoms with Crippen molar-refractivity contribution in [3.8, 4) is 11.5 Å². The third-order valence-electron chi connectivity index (χ3n) is 6.80. The molecule has 0 saturated heterocycles. The molecule has 40 heavy (non-hydrogen) atoms. The molecule has 1 aliphatic carbocycles. The molecule has 0 atom stereocenters. The van der Waals surface area contributed by atoms with Crippen molar-refractivity contribution < 1.29 is 18.7 Å². The number of halogens is 2. The van der Waals surface area contributed by atoms with E-state index in [1.165, 1.54) is 42.5 Å². The van der Waals surface area contributed by atoms with Crippen molar-refractivity contribution in [1.29, 1.82) is 0 Å². The van der Waals surface area contributed by atoms with Crippen LogP contribution in [0.4, 0.5) is 10.1 Å². The Morgan fingerprint density at radius 3 is 2.62 bits per heavy atom. The van der Waals surface area contributed by atoms with Crippen molar-refractivity contribution in [3.63, 3.8) is 0 Å². The molecule has 1 heterocycles. The number of nitrogens with zero attached hydrogens (tertiary/aromatic N) is 3. The SMILES string of the molecule is COc1cc(C=Nn2c(C3CCCCC3)nc3ccc(Br)cc3c2=O)ccc1OCC(=O)Nc1ccc(F)cc1. The Kier molecular flexibility index (Phi) is 8.54. The monoisotopic (exact) mass is 606 g/mol. The van der Waals surface area contributed by atoms with E-state index < -0.39 is 5.91 Å². The minimum Gasteiger partial charge on any atom is -0.493 e. The molecule has 10 heteroatoms. The molecule has 3 aromatic carbocycles. The number of methoxy groups -OCH3 is 1. The third kappa shape index (κ3) is 6.39. The molecule has 1 fully saturated rings. The summed E-state index contributed by atoms with van der Waals surface area (Å²) in [7, 11) is 1.50. The van der Waals surface area contributed by atoms with E-state index in [0.717, 1.165) is 30.2 Å². The van der Waals surface area contributed by atoms with E-state index in [-0.39, 0.29) is 23.9 Å². The van der Waals surface area contributed by atoms with Gasteiger partial charge in [0.2, 0.25) is 0 Å². The lowest BCUT2D eigenvalue weighted by Gasteiger charge is -2.22. The Morgan fingerprint density at radius 2 is 1.88 bits per heavy atom. The van der Waals surface area contributed by atoms with Gasteiger partial charge in [-0.15, -0.1) is 0 Å². The average Bonchev–Trinajstić information content (AvgIpc) is 2.97. The molecular weight excluding hydrogens is 579 g/mol. The van der Waals surface area contributed by atoms with Gasteiger partial charge in [0.15, 0.2) is 18.1 Å². The van der Waals surface area contributed by atoms with Gasteiger partial charge in [-0.1, -0.05) is 35.2 Å². The van der Waals surface area contributed by atoms with Crippen LogP contribution >= 0.6 is 15.9 Å². The minimum absolute atomic E-state index is 0.165. The summed E-state index contributed by atoms with van der Waals surface area (Å²) in [5, 5.41) is 7.72. The number of aromatic nitrogens is 2. The van der Waals surface area contributed by atoms with Crippen molar-refractivity contribution in [1.82, 2.24) is 9.66 Å². The number of ether oxygens (including phenoxy) is 2. The highest BCUT2D eigenvalue weighted by molar-refractivity contribution is 9.10. The third-order valence-corrected chi connectivity index (χ3v) is 7.29. The number of carbonyl (C=O) groups is 1. The predicted octanol–water partition coefficient (Wildman–Crippen LogP) is 6.25. The average molecular weight is 607 g/mol. The lowest BCUT2D eigenvalue weighted by molar-refractivity contribution is -0.118. The van der Waals surface area contributed by atoms with Gasteiger partial charge in [-0.3, -0.25) is 9.59 Å². The number of rotatable bonds is 8. The Morgan fingerprint density at radius 1 is 1.10 bits per heavy atom. The van der Waals surface area contributed by atoms with Crippen LogP contribution in [0.2, 0.25) is 0 Å². The highest BCUT2D eigenvalue weighted by Crippen LogP contribution is 2.32. The molecule has 8 nitrogen and oxygen atoms in total. The van der Waals surface area contributed by atoms with E-state index >= 15 is 0 Å². The lowest BCUT2D eigenvalue weighted by Crippen LogP contribution is -2.25. The zero-order valence-electron chi connectivity index (χ0n) is 21.9. The quantitative estimate of drug-likeness (QED) is 0.239. The molecule has 0 unspecified atom stereocenters. The summed E-state index contributed by atoms with van der Waals surface area (Å²) in [6, 6.07) is 16.1. The van der Waals surface area contributed by atoms with Gasteiger partial charge in [-0.25, -0.2) is 9.37 Å². The Balaban J connectivity index is 1.37. The second-order valence-electron chi connectivity index (χ2n) is 9.58. The molecule has 1 aromatic heterocycles. The fourth-order valence-corrected chi connectivity index (χ4v) is 5.15. The second-order valence-corrected chi connectivity index (χ2v) is 10.5. The first-order valence-electron chi connectivity index (χ1n) is 13.0. The largest absolute Gasteiger partial charge is 0.493 e. The van der Waals surface area contributed by atoms with Crippen molar-refractivity contribution in [2.45, 2.75) is 38.0 Å². The van der Waals surface area contributed by atoms with Crippen LogP contribution in [0, 0.1) is 5.82 Å². The number of amides is 1. The van der Waals surface area contributed by atoms with E-state index in [1.807, 2.05) is 12.1 Å². The van der Waals surface area contributed by atoms with Crippen LogP contribution in [0.5, 0.6) is 11.5 Å². The van der Waals surface area contributed by atoms with Crippen molar-refractivity contribution in [2.24, 2.45) is 5.10 Å². The highest BCUT2D eigenvalue weighted by Gasteiger charge is 2.22. The molecule has 1 N–H and O–H groups in total. The fraction of sp³-hybridized carbons (Fsp3) is 0.267. The predicted molar refractivity (Wildman–Crippen MR) is 156 cm³/mol. The lowest BCUT2D eigenvalue weighted by atomic mass is 9.88. The summed E-state index contributed by atoms with van der Waals surface area (Å²) in [6.07, 6.45) is 6.92. The minimum atomic E-state index is -0.399. The molecular formula is C30H28BrFN4O4. The molecule has 1 saturated carbocycles. The Hall–Kier alpha value is -4.05. The van der Waals surface area contributed by atoms with Crippen LogP contribution in [0.3, 0.4) is 0 Å². The van der Waals surface area contributed by atoms with E-state index in [0.29, 0.717) is 39.5 Å². The number of fused-ring (bicyclic) bond motifs is 1. The van der Waals surface area contributed by atoms with Crippen LogP contribution in [0.1, 0.15) is 49.4 Å². The number of benzene rings is 3. The molecule has 206 valence electrons. The molecule has 1 aliphatic rings. The topological polar surface area (TPSA) is 94.8 Å². The van der Waals surface area contributed by atoms with E-state index in [4.69, 9.17) is 14.5 Å². The van der Waals surface area contributed by atoms with Crippen LogP contribution in [0.15, 0.2) is 75.0 Å². The first-order chi connectivity index (χ1) is 19.4. The van der Waals surface area contributed by atoms with Gasteiger partial charge >= 0.3 is 0 Å². The highest BCUT2D eigenvalue weighted by atomic mass is 79.9. The van der Waals surface area contributed by atoms with Crippen LogP contribution in [-0.2, 0) is 4.79 Å². The summed E-state index contributed by atoms with van der Waals surface area (Å²) in [5.74, 6) is 0.824. The van der Waals surface area contributed by atoms with E-state index in [2.05, 4.69) is 26.3 Å². The van der Waals surface area contributed by atoms with Crippen LogP contribution in [-0.4, -0.2) is 35.5 Å². The standard InChI is InChI=1S/C30H28BrFN4O4/c1-39-27-15-19(7-14-26(27)40-18-28(37)34-23-11-9-22(32)10-12-23)17-33-36-29(20-5-3-2-4-6-20)35-25-13-8-21(31)16-24(25)30(36)38/h7-17,20H,2-6,18H2,1H3,(H,34,37). The maximum Gasteiger partial charge on any atom is 0.282 e. The van der Waals surface area contributed by atoms with Crippen molar-refractivity contribution >= 4 is 44.6 Å². The molecule has 0 radical (unpaired) electrons. The number of carbonyl (C=O) groups excluding carboxylic acids is 1. The fourth-order valence-electron chi connectivity index (χ4n) is 4.78. The summed E-state index contributed by atoms with van der Waals surface area (Å²) in [6.45, 7) is -0.264. The van der Waals surface area contributed by atoms with Gasteiger partial charge < -0.3 is 14.8 Å². The number of nitrogens with one attached hydrogen (secondary N) is 1. The Labute approximate surface area is 239 Å². The zero-order chi connectivity index (χ0) is 28.1. The number of anilines is 1. The van der Waals surface area contributed by atoms with E-state index in [9.17, 15) is 14.0 Å². The molecule has 4 aromatic rings. The van der Waals surface area contributed by atoms with Crippen molar-refractivity contribution in [3.05, 3.63) is 92.7 Å². The summed E-state index contributed by atoms with van der Waals surface area (Å²) in [4.78, 5) is 30.7. The zero-order valence-corrected chi connectivity index (χ0v) is 23.5. The maximum atomic E-state index is 13.5.